The van der Waals surface area contributed by atoms with Gasteiger partial charge in [0.2, 0.25) is 0 Å². The Morgan fingerprint density at radius 2 is 1.88 bits per heavy atom. The predicted octanol–water partition coefficient (Wildman–Crippen LogP) is 3.52. The van der Waals surface area contributed by atoms with Crippen LogP contribution in [0.1, 0.15) is 23.6 Å². The average molecular weight is 470 g/mol. The van der Waals surface area contributed by atoms with Crippen molar-refractivity contribution in [2.45, 2.75) is 19.9 Å². The molecular weight excluding hydrogens is 449 g/mol. The molecule has 2 aromatic rings. The zero-order chi connectivity index (χ0) is 17.2. The first-order valence-electron chi connectivity index (χ1n) is 7.83. The Balaban J connectivity index is 0.00000312. The van der Waals surface area contributed by atoms with Gasteiger partial charge in [0.05, 0.1) is 18.2 Å². The molecule has 1 heterocycles. The molecule has 0 atom stereocenters. The highest BCUT2D eigenvalue weighted by Gasteiger charge is 1.99. The second kappa shape index (κ2) is 11.7. The molecule has 0 amide bonds. The molecule has 0 aliphatic carbocycles. The van der Waals surface area contributed by atoms with Crippen molar-refractivity contribution in [1.29, 1.82) is 5.26 Å². The first-order valence-corrected chi connectivity index (χ1v) is 8.20. The van der Waals surface area contributed by atoms with Crippen molar-refractivity contribution >= 4 is 41.5 Å². The molecule has 0 spiro atoms. The van der Waals surface area contributed by atoms with Gasteiger partial charge < -0.3 is 10.6 Å². The third-order valence-electron chi connectivity index (χ3n) is 3.34. The van der Waals surface area contributed by atoms with Crippen molar-refractivity contribution < 1.29 is 0 Å². The number of rotatable bonds is 6. The highest BCUT2D eigenvalue weighted by molar-refractivity contribution is 14.0. The number of guanidine groups is 1. The Kier molecular flexibility index (Phi) is 9.88. The Labute approximate surface area is 170 Å². The van der Waals surface area contributed by atoms with Crippen LogP contribution in [0.5, 0.6) is 0 Å². The normalized spacial score (nSPS) is 10.5. The monoisotopic (exact) mass is 469 g/mol. The van der Waals surface area contributed by atoms with E-state index in [0.29, 0.717) is 17.3 Å². The van der Waals surface area contributed by atoms with Crippen molar-refractivity contribution in [1.82, 2.24) is 15.6 Å². The second-order valence-electron chi connectivity index (χ2n) is 5.17. The number of hydrogen-bond donors (Lipinski definition) is 2. The lowest BCUT2D eigenvalue weighted by Crippen LogP contribution is -2.38. The van der Waals surface area contributed by atoms with E-state index in [-0.39, 0.29) is 24.0 Å². The summed E-state index contributed by atoms with van der Waals surface area (Å²) in [6.45, 7) is 4.13. The Hall–Kier alpha value is -1.85. The number of aliphatic imine (C=N–C) groups is 1. The summed E-state index contributed by atoms with van der Waals surface area (Å²) in [6, 6.07) is 13.3. The summed E-state index contributed by atoms with van der Waals surface area (Å²) < 4.78 is 0. The molecule has 0 fully saturated rings. The zero-order valence-electron chi connectivity index (χ0n) is 14.0. The summed E-state index contributed by atoms with van der Waals surface area (Å²) in [4.78, 5) is 8.63. The molecule has 0 saturated carbocycles. The van der Waals surface area contributed by atoms with Gasteiger partial charge in [-0.05, 0) is 42.7 Å². The van der Waals surface area contributed by atoms with Crippen molar-refractivity contribution in [2.75, 3.05) is 13.1 Å². The molecule has 132 valence electrons. The highest BCUT2D eigenvalue weighted by atomic mass is 127. The highest BCUT2D eigenvalue weighted by Crippen LogP contribution is 2.06. The van der Waals surface area contributed by atoms with E-state index in [1.807, 2.05) is 25.1 Å². The molecule has 0 radical (unpaired) electrons. The minimum Gasteiger partial charge on any atom is -0.357 e. The SMILES string of the molecule is CCNC(=NCc1ccc(C#N)cc1)NCCc1ccc(Cl)nc1.I. The Bertz CT molecular complexity index is 708. The molecule has 0 aliphatic rings. The molecule has 5 nitrogen and oxygen atoms in total. The van der Waals surface area contributed by atoms with Gasteiger partial charge in [0, 0.05) is 19.3 Å². The van der Waals surface area contributed by atoms with Crippen molar-refractivity contribution in [3.05, 3.63) is 64.4 Å². The molecule has 0 unspecified atom stereocenters. The molecule has 25 heavy (non-hydrogen) atoms. The summed E-state index contributed by atoms with van der Waals surface area (Å²) in [7, 11) is 0. The van der Waals surface area contributed by atoms with Gasteiger partial charge in [-0.15, -0.1) is 24.0 Å². The average Bonchev–Trinajstić information content (AvgIpc) is 2.62. The van der Waals surface area contributed by atoms with E-state index in [9.17, 15) is 0 Å². The number of nitrogens with zero attached hydrogens (tertiary/aromatic N) is 3. The molecular formula is C18H21ClIN5. The van der Waals surface area contributed by atoms with E-state index in [0.717, 1.165) is 36.6 Å². The maximum absolute atomic E-state index is 8.81. The number of nitriles is 1. The van der Waals surface area contributed by atoms with Crippen LogP contribution in [0.2, 0.25) is 5.15 Å². The van der Waals surface area contributed by atoms with Crippen molar-refractivity contribution in [3.63, 3.8) is 0 Å². The van der Waals surface area contributed by atoms with Crippen LogP contribution in [0.15, 0.2) is 47.6 Å². The minimum absolute atomic E-state index is 0. The third-order valence-corrected chi connectivity index (χ3v) is 3.57. The van der Waals surface area contributed by atoms with Crippen molar-refractivity contribution in [2.24, 2.45) is 4.99 Å². The van der Waals surface area contributed by atoms with E-state index in [4.69, 9.17) is 16.9 Å². The zero-order valence-corrected chi connectivity index (χ0v) is 17.1. The standard InChI is InChI=1S/C18H20ClN5.HI/c1-2-21-18(22-10-9-16-7-8-17(19)23-12-16)24-13-15-5-3-14(11-20)4-6-15;/h3-8,12H,2,9-10,13H2,1H3,(H2,21,22,24);1H. The first-order chi connectivity index (χ1) is 11.7. The lowest BCUT2D eigenvalue weighted by atomic mass is 10.1. The third kappa shape index (κ3) is 7.71. The van der Waals surface area contributed by atoms with Gasteiger partial charge in [-0.1, -0.05) is 29.8 Å². The minimum atomic E-state index is 0. The van der Waals surface area contributed by atoms with Crippen LogP contribution >= 0.6 is 35.6 Å². The maximum Gasteiger partial charge on any atom is 0.191 e. The summed E-state index contributed by atoms with van der Waals surface area (Å²) in [5, 5.41) is 15.8. The molecule has 0 aliphatic heterocycles. The number of aromatic nitrogens is 1. The predicted molar refractivity (Wildman–Crippen MR) is 112 cm³/mol. The number of hydrogen-bond acceptors (Lipinski definition) is 3. The van der Waals surface area contributed by atoms with E-state index in [1.54, 1.807) is 24.4 Å². The summed E-state index contributed by atoms with van der Waals surface area (Å²) in [5.74, 6) is 0.767. The molecule has 1 aromatic carbocycles. The van der Waals surface area contributed by atoms with Crippen LogP contribution in [0.3, 0.4) is 0 Å². The number of halogens is 2. The maximum atomic E-state index is 8.81. The molecule has 2 rings (SSSR count). The number of benzene rings is 1. The van der Waals surface area contributed by atoms with Crippen molar-refractivity contribution in [3.8, 4) is 6.07 Å². The van der Waals surface area contributed by atoms with E-state index < -0.39 is 0 Å². The lowest BCUT2D eigenvalue weighted by Gasteiger charge is -2.11. The van der Waals surface area contributed by atoms with Crippen LogP contribution in [0.4, 0.5) is 0 Å². The van der Waals surface area contributed by atoms with Crippen LogP contribution in [0.25, 0.3) is 0 Å². The molecule has 2 N–H and O–H groups in total. The topological polar surface area (TPSA) is 73.1 Å². The van der Waals surface area contributed by atoms with Gasteiger partial charge in [0.1, 0.15) is 5.15 Å². The van der Waals surface area contributed by atoms with E-state index >= 15 is 0 Å². The summed E-state index contributed by atoms with van der Waals surface area (Å²) in [5.41, 5.74) is 2.84. The van der Waals surface area contributed by atoms with Gasteiger partial charge in [0.25, 0.3) is 0 Å². The summed E-state index contributed by atoms with van der Waals surface area (Å²) in [6.07, 6.45) is 2.62. The molecule has 7 heteroatoms. The van der Waals surface area contributed by atoms with Gasteiger partial charge in [-0.3, -0.25) is 0 Å². The van der Waals surface area contributed by atoms with E-state index in [1.165, 1.54) is 0 Å². The van der Waals surface area contributed by atoms with Crippen LogP contribution < -0.4 is 10.6 Å². The summed E-state index contributed by atoms with van der Waals surface area (Å²) >= 11 is 5.78. The number of pyridine rings is 1. The van der Waals surface area contributed by atoms with Crippen LogP contribution in [0, 0.1) is 11.3 Å². The Morgan fingerprint density at radius 1 is 1.16 bits per heavy atom. The Morgan fingerprint density at radius 3 is 2.48 bits per heavy atom. The van der Waals surface area contributed by atoms with Gasteiger partial charge in [-0.2, -0.15) is 5.26 Å². The molecule has 1 aromatic heterocycles. The van der Waals surface area contributed by atoms with E-state index in [2.05, 4.69) is 26.7 Å². The lowest BCUT2D eigenvalue weighted by molar-refractivity contribution is 0.798. The second-order valence-corrected chi connectivity index (χ2v) is 5.56. The van der Waals surface area contributed by atoms with Gasteiger partial charge >= 0.3 is 0 Å². The fraction of sp³-hybridized carbons (Fsp3) is 0.278. The largest absolute Gasteiger partial charge is 0.357 e. The smallest absolute Gasteiger partial charge is 0.191 e. The molecule has 0 saturated heterocycles. The van der Waals surface area contributed by atoms with Crippen LogP contribution in [-0.4, -0.2) is 24.0 Å². The quantitative estimate of drug-likeness (QED) is 0.294. The first kappa shape index (κ1) is 21.2. The van der Waals surface area contributed by atoms with Crippen LogP contribution in [-0.2, 0) is 13.0 Å². The number of nitrogens with one attached hydrogen (secondary N) is 2. The fourth-order valence-corrected chi connectivity index (χ4v) is 2.19. The van der Waals surface area contributed by atoms with Gasteiger partial charge in [0.15, 0.2) is 5.96 Å². The fourth-order valence-electron chi connectivity index (χ4n) is 2.08. The molecule has 0 bridgehead atoms. The van der Waals surface area contributed by atoms with Gasteiger partial charge in [-0.25, -0.2) is 9.98 Å².